The lowest BCUT2D eigenvalue weighted by Gasteiger charge is -2.35. The molecule has 0 unspecified atom stereocenters. The Morgan fingerprint density at radius 1 is 0.353 bits per heavy atom. The van der Waals surface area contributed by atoms with Crippen molar-refractivity contribution in [3.05, 3.63) is 188 Å². The molecule has 242 valence electrons. The van der Waals surface area contributed by atoms with Gasteiger partial charge in [-0.05, 0) is 84.2 Å². The van der Waals surface area contributed by atoms with Gasteiger partial charge in [-0.1, -0.05) is 97.1 Å². The lowest BCUT2D eigenvalue weighted by atomic mass is 10.0. The molecule has 0 amide bonds. The van der Waals surface area contributed by atoms with Gasteiger partial charge >= 0.3 is 0 Å². The maximum Gasteiger partial charge on any atom is 0.153 e. The Hall–Kier alpha value is -6.98. The molecular weight excluding hydrogens is 627 g/mol. The minimum absolute atomic E-state index is 0.777. The van der Waals surface area contributed by atoms with E-state index in [1.165, 1.54) is 0 Å². The highest BCUT2D eigenvalue weighted by molar-refractivity contribution is 6.00. The lowest BCUT2D eigenvalue weighted by Crippen LogP contribution is -2.18. The minimum atomic E-state index is 0.777. The van der Waals surface area contributed by atoms with E-state index >= 15 is 0 Å². The van der Waals surface area contributed by atoms with Crippen LogP contribution in [0.25, 0.3) is 10.8 Å². The van der Waals surface area contributed by atoms with E-state index in [0.717, 1.165) is 85.0 Å². The third kappa shape index (κ3) is 4.86. The van der Waals surface area contributed by atoms with Crippen molar-refractivity contribution in [1.82, 2.24) is 0 Å². The SMILES string of the molecule is c1ccc(N2c3ccccc3Oc3cc(N(c4ccc5c(c4)Oc4ccccc4N5c4ccccc4)c4cccc5ccccc45)ccc32)cc1. The summed E-state index contributed by atoms with van der Waals surface area (Å²) in [6.45, 7) is 0. The molecule has 8 aromatic rings. The van der Waals surface area contributed by atoms with Crippen LogP contribution in [0.15, 0.2) is 188 Å². The van der Waals surface area contributed by atoms with Crippen LogP contribution in [-0.2, 0) is 0 Å². The molecule has 0 fully saturated rings. The normalized spacial score (nSPS) is 12.5. The summed E-state index contributed by atoms with van der Waals surface area (Å²) in [5, 5.41) is 2.31. The number of fused-ring (bicyclic) bond motifs is 5. The summed E-state index contributed by atoms with van der Waals surface area (Å²) in [6, 6.07) is 65.2. The highest BCUT2D eigenvalue weighted by Gasteiger charge is 2.29. The van der Waals surface area contributed by atoms with Gasteiger partial charge in [0.05, 0.1) is 39.8 Å². The van der Waals surface area contributed by atoms with E-state index in [1.54, 1.807) is 0 Å². The standard InChI is InChI=1S/C46H31N3O2/c1-3-16-33(17-4-1)48-39-21-9-11-24-43(39)50-45-30-35(26-28-41(45)48)47(38-23-13-15-32-14-7-8-20-37(32)38)36-27-29-42-46(31-36)51-44-25-12-10-22-40(44)49(42)34-18-5-2-6-19-34/h1-31H. The minimum Gasteiger partial charge on any atom is -0.453 e. The third-order valence-corrected chi connectivity index (χ3v) is 9.57. The zero-order valence-corrected chi connectivity index (χ0v) is 27.6. The first-order valence-corrected chi connectivity index (χ1v) is 17.1. The Balaban J connectivity index is 1.16. The Morgan fingerprint density at radius 2 is 0.804 bits per heavy atom. The number of rotatable bonds is 5. The monoisotopic (exact) mass is 657 g/mol. The van der Waals surface area contributed by atoms with E-state index in [1.807, 2.05) is 36.4 Å². The van der Waals surface area contributed by atoms with Crippen molar-refractivity contribution < 1.29 is 9.47 Å². The smallest absolute Gasteiger partial charge is 0.153 e. The molecule has 0 spiro atoms. The van der Waals surface area contributed by atoms with Crippen molar-refractivity contribution in [3.8, 4) is 23.0 Å². The number of benzene rings is 8. The van der Waals surface area contributed by atoms with Crippen molar-refractivity contribution in [2.24, 2.45) is 0 Å². The molecule has 2 heterocycles. The molecule has 0 radical (unpaired) electrons. The first-order chi connectivity index (χ1) is 25.3. The molecule has 0 aromatic heterocycles. The quantitative estimate of drug-likeness (QED) is 0.184. The molecule has 0 N–H and O–H groups in total. The van der Waals surface area contributed by atoms with Gasteiger partial charge in [-0.25, -0.2) is 0 Å². The van der Waals surface area contributed by atoms with Gasteiger partial charge in [0.2, 0.25) is 0 Å². The van der Waals surface area contributed by atoms with Gasteiger partial charge in [-0.2, -0.15) is 0 Å². The van der Waals surface area contributed by atoms with Crippen molar-refractivity contribution in [3.63, 3.8) is 0 Å². The van der Waals surface area contributed by atoms with Crippen LogP contribution in [-0.4, -0.2) is 0 Å². The Morgan fingerprint density at radius 3 is 1.37 bits per heavy atom. The molecule has 0 saturated heterocycles. The predicted octanol–water partition coefficient (Wildman–Crippen LogP) is 13.5. The largest absolute Gasteiger partial charge is 0.453 e. The molecule has 2 aliphatic heterocycles. The molecule has 5 nitrogen and oxygen atoms in total. The predicted molar refractivity (Wildman–Crippen MR) is 208 cm³/mol. The van der Waals surface area contributed by atoms with Gasteiger partial charge in [0.25, 0.3) is 0 Å². The van der Waals surface area contributed by atoms with Crippen LogP contribution >= 0.6 is 0 Å². The molecule has 51 heavy (non-hydrogen) atoms. The maximum absolute atomic E-state index is 6.67. The zero-order valence-electron chi connectivity index (χ0n) is 27.6. The molecular formula is C46H31N3O2. The number of hydrogen-bond acceptors (Lipinski definition) is 5. The van der Waals surface area contributed by atoms with Gasteiger partial charge in [0, 0.05) is 28.9 Å². The van der Waals surface area contributed by atoms with E-state index in [0.29, 0.717) is 0 Å². The van der Waals surface area contributed by atoms with Gasteiger partial charge in [-0.15, -0.1) is 0 Å². The highest BCUT2D eigenvalue weighted by atomic mass is 16.5. The summed E-state index contributed by atoms with van der Waals surface area (Å²) < 4.78 is 13.3. The zero-order chi connectivity index (χ0) is 33.7. The number of nitrogens with zero attached hydrogens (tertiary/aromatic N) is 3. The summed E-state index contributed by atoms with van der Waals surface area (Å²) in [7, 11) is 0. The van der Waals surface area contributed by atoms with Crippen LogP contribution in [0.1, 0.15) is 0 Å². The van der Waals surface area contributed by atoms with E-state index in [4.69, 9.17) is 9.47 Å². The molecule has 0 atom stereocenters. The van der Waals surface area contributed by atoms with Crippen LogP contribution in [0.5, 0.6) is 23.0 Å². The summed E-state index contributed by atoms with van der Waals surface area (Å²) >= 11 is 0. The Labute approximate surface area is 296 Å². The van der Waals surface area contributed by atoms with Gasteiger partial charge in [0.1, 0.15) is 0 Å². The Kier molecular flexibility index (Phi) is 6.74. The van der Waals surface area contributed by atoms with E-state index in [9.17, 15) is 0 Å². The molecule has 2 aliphatic rings. The summed E-state index contributed by atoms with van der Waals surface area (Å²) in [4.78, 5) is 6.83. The number of para-hydroxylation sites is 6. The molecule has 0 bridgehead atoms. The summed E-state index contributed by atoms with van der Waals surface area (Å²) in [6.07, 6.45) is 0. The maximum atomic E-state index is 6.67. The fourth-order valence-electron chi connectivity index (χ4n) is 7.31. The van der Waals surface area contributed by atoms with E-state index < -0.39 is 0 Å². The van der Waals surface area contributed by atoms with Crippen LogP contribution in [0.2, 0.25) is 0 Å². The second-order valence-electron chi connectivity index (χ2n) is 12.6. The van der Waals surface area contributed by atoms with Crippen LogP contribution < -0.4 is 24.2 Å². The summed E-state index contributed by atoms with van der Waals surface area (Å²) in [5.74, 6) is 3.17. The average Bonchev–Trinajstić information content (AvgIpc) is 3.20. The van der Waals surface area contributed by atoms with Gasteiger partial charge < -0.3 is 24.2 Å². The van der Waals surface area contributed by atoms with Crippen molar-refractivity contribution in [1.29, 1.82) is 0 Å². The van der Waals surface area contributed by atoms with E-state index in [-0.39, 0.29) is 0 Å². The Bertz CT molecular complexity index is 2420. The topological polar surface area (TPSA) is 28.2 Å². The first-order valence-electron chi connectivity index (χ1n) is 17.1. The molecule has 8 aromatic carbocycles. The summed E-state index contributed by atoms with van der Waals surface area (Å²) in [5.41, 5.74) is 9.10. The second-order valence-corrected chi connectivity index (χ2v) is 12.6. The number of ether oxygens (including phenoxy) is 2. The molecule has 0 aliphatic carbocycles. The van der Waals surface area contributed by atoms with Crippen LogP contribution in [0, 0.1) is 0 Å². The lowest BCUT2D eigenvalue weighted by molar-refractivity contribution is 0.477. The van der Waals surface area contributed by atoms with E-state index in [2.05, 4.69) is 166 Å². The number of hydrogen-bond donors (Lipinski definition) is 0. The van der Waals surface area contributed by atoms with Gasteiger partial charge in [-0.3, -0.25) is 0 Å². The van der Waals surface area contributed by atoms with Gasteiger partial charge in [0.15, 0.2) is 23.0 Å². The highest BCUT2D eigenvalue weighted by Crippen LogP contribution is 2.55. The molecule has 0 saturated carbocycles. The second kappa shape index (κ2) is 11.9. The fraction of sp³-hybridized carbons (Fsp3) is 0. The fourth-order valence-corrected chi connectivity index (χ4v) is 7.31. The van der Waals surface area contributed by atoms with Crippen molar-refractivity contribution in [2.45, 2.75) is 0 Å². The average molecular weight is 658 g/mol. The molecule has 5 heteroatoms. The first kappa shape index (κ1) is 29.0. The molecule has 10 rings (SSSR count). The van der Waals surface area contributed by atoms with Crippen molar-refractivity contribution >= 4 is 62.0 Å². The van der Waals surface area contributed by atoms with Crippen LogP contribution in [0.4, 0.5) is 51.2 Å². The van der Waals surface area contributed by atoms with Crippen LogP contribution in [0.3, 0.4) is 0 Å². The third-order valence-electron chi connectivity index (χ3n) is 9.57. The van der Waals surface area contributed by atoms with Crippen molar-refractivity contribution in [2.75, 3.05) is 14.7 Å². The number of anilines is 9.